The van der Waals surface area contributed by atoms with Crippen molar-refractivity contribution in [3.63, 3.8) is 0 Å². The van der Waals surface area contributed by atoms with Gasteiger partial charge in [-0.15, -0.1) is 0 Å². The summed E-state index contributed by atoms with van der Waals surface area (Å²) in [7, 11) is 0. The molecule has 3 fully saturated rings. The Morgan fingerprint density at radius 3 is 2.70 bits per heavy atom. The summed E-state index contributed by atoms with van der Waals surface area (Å²) < 4.78 is 0. The predicted octanol–water partition coefficient (Wildman–Crippen LogP) is 1.86. The van der Waals surface area contributed by atoms with Crippen LogP contribution in [0.1, 0.15) is 37.7 Å². The number of β-amino-alcohol motifs (C(OH)–C–C–N with tert-alkyl or cyclic N) is 1. The van der Waals surface area contributed by atoms with Crippen LogP contribution in [0.15, 0.2) is 24.3 Å². The van der Waals surface area contributed by atoms with Crippen molar-refractivity contribution < 1.29 is 10.2 Å². The minimum Gasteiger partial charge on any atom is -0.396 e. The number of hydrogen-bond acceptors (Lipinski definition) is 5. The van der Waals surface area contributed by atoms with Crippen molar-refractivity contribution in [2.45, 2.75) is 56.7 Å². The molecule has 3 heterocycles. The molecule has 0 bridgehead atoms. The predicted molar refractivity (Wildman–Crippen MR) is 109 cm³/mol. The van der Waals surface area contributed by atoms with E-state index in [2.05, 4.69) is 45.9 Å². The van der Waals surface area contributed by atoms with Crippen LogP contribution in [-0.4, -0.2) is 83.6 Å². The van der Waals surface area contributed by atoms with Gasteiger partial charge in [-0.1, -0.05) is 12.1 Å². The summed E-state index contributed by atoms with van der Waals surface area (Å²) in [5.41, 5.74) is 1.96. The molecule has 2 N–H and O–H groups in total. The molecule has 2 unspecified atom stereocenters. The van der Waals surface area contributed by atoms with Gasteiger partial charge in [0.1, 0.15) is 0 Å². The highest BCUT2D eigenvalue weighted by molar-refractivity contribution is 5.48. The van der Waals surface area contributed by atoms with Crippen molar-refractivity contribution in [3.05, 3.63) is 29.8 Å². The van der Waals surface area contributed by atoms with Crippen LogP contribution in [0.4, 0.5) is 5.69 Å². The Labute approximate surface area is 163 Å². The van der Waals surface area contributed by atoms with Crippen LogP contribution in [-0.2, 0) is 0 Å². The molecule has 5 heteroatoms. The van der Waals surface area contributed by atoms with Gasteiger partial charge in [0.2, 0.25) is 0 Å². The summed E-state index contributed by atoms with van der Waals surface area (Å²) in [5, 5.41) is 20.8. The topological polar surface area (TPSA) is 50.2 Å². The highest BCUT2D eigenvalue weighted by Gasteiger charge is 2.41. The van der Waals surface area contributed by atoms with Gasteiger partial charge in [0.15, 0.2) is 0 Å². The molecule has 27 heavy (non-hydrogen) atoms. The van der Waals surface area contributed by atoms with E-state index in [1.165, 1.54) is 30.6 Å². The van der Waals surface area contributed by atoms with E-state index in [1.54, 1.807) is 0 Å². The zero-order chi connectivity index (χ0) is 18.9. The van der Waals surface area contributed by atoms with Crippen LogP contribution in [0, 0.1) is 6.92 Å². The first-order chi connectivity index (χ1) is 13.1. The largest absolute Gasteiger partial charge is 0.396 e. The zero-order valence-corrected chi connectivity index (χ0v) is 16.7. The third kappa shape index (κ3) is 4.32. The molecular weight excluding hydrogens is 338 g/mol. The normalized spacial score (nSPS) is 29.1. The molecular formula is C22H35N3O2. The Hall–Kier alpha value is -1.14. The molecule has 4 rings (SSSR count). The van der Waals surface area contributed by atoms with E-state index in [1.807, 2.05) is 0 Å². The number of aliphatic hydroxyl groups excluding tert-OH is 1. The van der Waals surface area contributed by atoms with E-state index in [0.29, 0.717) is 12.1 Å². The highest BCUT2D eigenvalue weighted by Crippen LogP contribution is 2.31. The number of benzene rings is 1. The minimum atomic E-state index is -0.602. The lowest BCUT2D eigenvalue weighted by molar-refractivity contribution is -0.0537. The maximum atomic E-state index is 11.3. The molecule has 5 nitrogen and oxygen atoms in total. The van der Waals surface area contributed by atoms with E-state index in [-0.39, 0.29) is 6.61 Å². The van der Waals surface area contributed by atoms with E-state index in [0.717, 1.165) is 52.0 Å². The van der Waals surface area contributed by atoms with Crippen LogP contribution >= 0.6 is 0 Å². The van der Waals surface area contributed by atoms with Gasteiger partial charge in [-0.2, -0.15) is 0 Å². The Kier molecular flexibility index (Phi) is 5.74. The number of aliphatic hydroxyl groups is 2. The number of aryl methyl sites for hydroxylation is 1. The molecule has 3 aliphatic heterocycles. The fraction of sp³-hybridized carbons (Fsp3) is 0.727. The van der Waals surface area contributed by atoms with Gasteiger partial charge in [-0.05, 0) is 63.3 Å². The second-order valence-corrected chi connectivity index (χ2v) is 8.94. The molecule has 0 radical (unpaired) electrons. The van der Waals surface area contributed by atoms with Gasteiger partial charge in [-0.3, -0.25) is 9.80 Å². The fourth-order valence-corrected chi connectivity index (χ4v) is 5.31. The fourth-order valence-electron chi connectivity index (χ4n) is 5.31. The van der Waals surface area contributed by atoms with Crippen molar-refractivity contribution in [3.8, 4) is 0 Å². The van der Waals surface area contributed by atoms with Gasteiger partial charge in [0.25, 0.3) is 0 Å². The van der Waals surface area contributed by atoms with E-state index in [4.69, 9.17) is 0 Å². The Bertz CT molecular complexity index is 630. The molecule has 3 saturated heterocycles. The lowest BCUT2D eigenvalue weighted by atomic mass is 9.89. The third-order valence-corrected chi connectivity index (χ3v) is 6.93. The van der Waals surface area contributed by atoms with Crippen molar-refractivity contribution in [2.24, 2.45) is 0 Å². The molecule has 3 aliphatic rings. The van der Waals surface area contributed by atoms with Gasteiger partial charge in [0.05, 0.1) is 5.60 Å². The smallest absolute Gasteiger partial charge is 0.0807 e. The first kappa shape index (κ1) is 19.2. The molecule has 0 aliphatic carbocycles. The molecule has 150 valence electrons. The van der Waals surface area contributed by atoms with Crippen molar-refractivity contribution in [1.82, 2.24) is 9.80 Å². The van der Waals surface area contributed by atoms with E-state index in [9.17, 15) is 10.2 Å². The number of anilines is 1. The SMILES string of the molecule is Cc1cccc(N2CCC(O)(CN3CC4CCCN4CC3CCO)CC2)c1. The number of nitrogens with zero attached hydrogens (tertiary/aromatic N) is 3. The second-order valence-electron chi connectivity index (χ2n) is 8.94. The molecule has 0 saturated carbocycles. The summed E-state index contributed by atoms with van der Waals surface area (Å²) in [6.07, 6.45) is 5.02. The average Bonchev–Trinajstić information content (AvgIpc) is 3.10. The number of hydrogen-bond donors (Lipinski definition) is 2. The zero-order valence-electron chi connectivity index (χ0n) is 16.7. The Balaban J connectivity index is 1.38. The summed E-state index contributed by atoms with van der Waals surface area (Å²) >= 11 is 0. The van der Waals surface area contributed by atoms with Gasteiger partial charge in [0, 0.05) is 57.1 Å². The molecule has 0 amide bonds. The second kappa shape index (κ2) is 8.08. The monoisotopic (exact) mass is 373 g/mol. The molecule has 2 atom stereocenters. The van der Waals surface area contributed by atoms with Gasteiger partial charge >= 0.3 is 0 Å². The minimum absolute atomic E-state index is 0.235. The summed E-state index contributed by atoms with van der Waals surface area (Å²) in [5.74, 6) is 0. The quantitative estimate of drug-likeness (QED) is 0.825. The summed E-state index contributed by atoms with van der Waals surface area (Å²) in [4.78, 5) is 7.49. The van der Waals surface area contributed by atoms with Crippen molar-refractivity contribution >= 4 is 5.69 Å². The number of rotatable bonds is 5. The number of fused-ring (bicyclic) bond motifs is 1. The molecule has 1 aromatic rings. The van der Waals surface area contributed by atoms with Crippen molar-refractivity contribution in [1.29, 1.82) is 0 Å². The lowest BCUT2D eigenvalue weighted by Gasteiger charge is -2.48. The Morgan fingerprint density at radius 1 is 1.15 bits per heavy atom. The van der Waals surface area contributed by atoms with Crippen LogP contribution in [0.5, 0.6) is 0 Å². The van der Waals surface area contributed by atoms with Crippen LogP contribution in [0.25, 0.3) is 0 Å². The van der Waals surface area contributed by atoms with Gasteiger partial charge < -0.3 is 15.1 Å². The molecule has 0 aromatic heterocycles. The summed E-state index contributed by atoms with van der Waals surface area (Å²) in [6, 6.07) is 9.69. The standard InChI is InChI=1S/C22H35N3O2/c1-18-4-2-5-19(14-18)23-11-8-22(27,9-12-23)17-25-16-20-6-3-10-24(20)15-21(25)7-13-26/h2,4-5,14,20-21,26-27H,3,6-13,15-17H2,1H3. The van der Waals surface area contributed by atoms with Crippen molar-refractivity contribution in [2.75, 3.05) is 50.8 Å². The summed E-state index contributed by atoms with van der Waals surface area (Å²) in [6.45, 7) is 8.25. The average molecular weight is 374 g/mol. The van der Waals surface area contributed by atoms with E-state index >= 15 is 0 Å². The van der Waals surface area contributed by atoms with Crippen LogP contribution < -0.4 is 4.90 Å². The highest BCUT2D eigenvalue weighted by atomic mass is 16.3. The van der Waals surface area contributed by atoms with Crippen LogP contribution in [0.2, 0.25) is 0 Å². The number of piperazine rings is 1. The third-order valence-electron chi connectivity index (χ3n) is 6.93. The lowest BCUT2D eigenvalue weighted by Crippen LogP contribution is -2.61. The first-order valence-corrected chi connectivity index (χ1v) is 10.7. The Morgan fingerprint density at radius 2 is 1.96 bits per heavy atom. The van der Waals surface area contributed by atoms with E-state index < -0.39 is 5.60 Å². The first-order valence-electron chi connectivity index (χ1n) is 10.7. The maximum absolute atomic E-state index is 11.3. The maximum Gasteiger partial charge on any atom is 0.0807 e. The molecule has 0 spiro atoms. The van der Waals surface area contributed by atoms with Crippen LogP contribution in [0.3, 0.4) is 0 Å². The number of piperidine rings is 1. The van der Waals surface area contributed by atoms with Gasteiger partial charge in [-0.25, -0.2) is 0 Å². The molecule has 1 aromatic carbocycles.